The fourth-order valence-electron chi connectivity index (χ4n) is 2.90. The van der Waals surface area contributed by atoms with Crippen molar-refractivity contribution >= 4 is 57.0 Å². The number of fused-ring (bicyclic) bond motifs is 1. The van der Waals surface area contributed by atoms with Crippen molar-refractivity contribution in [1.82, 2.24) is 10.4 Å². The lowest BCUT2D eigenvalue weighted by atomic mass is 10.1. The lowest BCUT2D eigenvalue weighted by Crippen LogP contribution is -2.17. The Morgan fingerprint density at radius 1 is 1.03 bits per heavy atom. The Balaban J connectivity index is 1.28. The van der Waals surface area contributed by atoms with Crippen LogP contribution >= 0.6 is 23.1 Å². The highest BCUT2D eigenvalue weighted by Crippen LogP contribution is 2.31. The van der Waals surface area contributed by atoms with Crippen molar-refractivity contribution in [1.29, 1.82) is 0 Å². The first-order chi connectivity index (χ1) is 15.6. The van der Waals surface area contributed by atoms with Crippen molar-refractivity contribution in [3.8, 4) is 0 Å². The number of benzene rings is 3. The molecule has 0 aliphatic heterocycles. The van der Waals surface area contributed by atoms with Crippen LogP contribution in [-0.4, -0.2) is 23.0 Å². The van der Waals surface area contributed by atoms with Crippen molar-refractivity contribution in [3.05, 3.63) is 89.5 Å². The molecule has 8 heteroatoms. The third-order valence-corrected chi connectivity index (χ3v) is 6.71. The molecule has 0 bridgehead atoms. The second-order valence-electron chi connectivity index (χ2n) is 6.94. The highest BCUT2D eigenvalue weighted by atomic mass is 32.2. The fourth-order valence-corrected chi connectivity index (χ4v) is 4.92. The average molecular weight is 461 g/mol. The number of thioether (sulfide) groups is 1. The van der Waals surface area contributed by atoms with Gasteiger partial charge in [0.2, 0.25) is 5.91 Å². The van der Waals surface area contributed by atoms with E-state index in [-0.39, 0.29) is 11.8 Å². The molecule has 2 N–H and O–H groups in total. The molecule has 0 saturated carbocycles. The van der Waals surface area contributed by atoms with Gasteiger partial charge in [-0.15, -0.1) is 11.3 Å². The summed E-state index contributed by atoms with van der Waals surface area (Å²) in [5, 5.41) is 6.70. The maximum Gasteiger partial charge on any atom is 0.271 e. The Morgan fingerprint density at radius 2 is 1.78 bits per heavy atom. The molecule has 0 atom stereocenters. The zero-order valence-electron chi connectivity index (χ0n) is 17.2. The van der Waals surface area contributed by atoms with Crippen molar-refractivity contribution < 1.29 is 9.59 Å². The van der Waals surface area contributed by atoms with Gasteiger partial charge in [0.05, 0.1) is 16.4 Å². The van der Waals surface area contributed by atoms with E-state index in [0.717, 1.165) is 26.7 Å². The van der Waals surface area contributed by atoms with E-state index < -0.39 is 0 Å². The van der Waals surface area contributed by atoms with E-state index in [4.69, 9.17) is 0 Å². The molecule has 160 valence electrons. The summed E-state index contributed by atoms with van der Waals surface area (Å²) in [6, 6.07) is 22.7. The van der Waals surface area contributed by atoms with Crippen LogP contribution in [0.5, 0.6) is 0 Å². The predicted octanol–water partition coefficient (Wildman–Crippen LogP) is 5.31. The number of rotatable bonds is 7. The molecule has 1 aromatic heterocycles. The summed E-state index contributed by atoms with van der Waals surface area (Å²) < 4.78 is 2.22. The smallest absolute Gasteiger partial charge is 0.271 e. The van der Waals surface area contributed by atoms with E-state index in [1.807, 2.05) is 30.3 Å². The van der Waals surface area contributed by atoms with Gasteiger partial charge in [-0.25, -0.2) is 10.4 Å². The number of aromatic nitrogens is 1. The number of anilines is 1. The van der Waals surface area contributed by atoms with Crippen LogP contribution in [0.4, 0.5) is 5.69 Å². The summed E-state index contributed by atoms with van der Waals surface area (Å²) in [5.41, 5.74) is 6.73. The normalized spacial score (nSPS) is 11.0. The molecule has 2 amide bonds. The molecular weight excluding hydrogens is 440 g/mol. The number of carbonyl (C=O) groups excluding carboxylic acids is 2. The van der Waals surface area contributed by atoms with E-state index in [1.165, 1.54) is 11.6 Å². The lowest BCUT2D eigenvalue weighted by Gasteiger charge is -2.03. The summed E-state index contributed by atoms with van der Waals surface area (Å²) >= 11 is 3.38. The molecule has 0 spiro atoms. The predicted molar refractivity (Wildman–Crippen MR) is 131 cm³/mol. The molecule has 4 rings (SSSR count). The van der Waals surface area contributed by atoms with Crippen LogP contribution in [0.3, 0.4) is 0 Å². The number of hydrogen-bond acceptors (Lipinski definition) is 6. The molecule has 0 fully saturated rings. The van der Waals surface area contributed by atoms with E-state index in [9.17, 15) is 9.59 Å². The van der Waals surface area contributed by atoms with Crippen LogP contribution in [0.25, 0.3) is 10.2 Å². The van der Waals surface area contributed by atoms with Gasteiger partial charge in [0.1, 0.15) is 0 Å². The molecule has 0 aliphatic rings. The van der Waals surface area contributed by atoms with Crippen LogP contribution in [-0.2, 0) is 10.5 Å². The van der Waals surface area contributed by atoms with Crippen molar-refractivity contribution in [2.24, 2.45) is 5.10 Å². The van der Waals surface area contributed by atoms with Crippen LogP contribution in [0.2, 0.25) is 0 Å². The van der Waals surface area contributed by atoms with E-state index in [1.54, 1.807) is 65.7 Å². The molecular formula is C24H20N4O2S2. The Kier molecular flexibility index (Phi) is 6.94. The standard InChI is InChI=1S/C24H20N4O2S2/c1-16(29)26-20-12-8-17(9-13-20)14-25-28-23(30)19-10-6-18(7-11-19)15-31-24-27-21-4-2-3-5-22(21)32-24/h2-14H,15H2,1H3,(H,26,29)(H,28,30)/b25-14-. The molecule has 32 heavy (non-hydrogen) atoms. The zero-order chi connectivity index (χ0) is 22.3. The Hall–Kier alpha value is -3.49. The molecule has 0 saturated heterocycles. The second-order valence-corrected chi connectivity index (χ2v) is 9.19. The van der Waals surface area contributed by atoms with Gasteiger partial charge < -0.3 is 5.32 Å². The SMILES string of the molecule is CC(=O)Nc1ccc(/C=N\NC(=O)c2ccc(CSc3nc4ccccc4s3)cc2)cc1. The second kappa shape index (κ2) is 10.2. The first-order valence-electron chi connectivity index (χ1n) is 9.85. The molecule has 1 heterocycles. The maximum atomic E-state index is 12.3. The summed E-state index contributed by atoms with van der Waals surface area (Å²) in [5.74, 6) is 0.385. The molecule has 3 aromatic carbocycles. The summed E-state index contributed by atoms with van der Waals surface area (Å²) in [6.07, 6.45) is 1.55. The lowest BCUT2D eigenvalue weighted by molar-refractivity contribution is -0.114. The van der Waals surface area contributed by atoms with E-state index in [2.05, 4.69) is 26.9 Å². The van der Waals surface area contributed by atoms with Gasteiger partial charge in [0.25, 0.3) is 5.91 Å². The summed E-state index contributed by atoms with van der Waals surface area (Å²) in [4.78, 5) is 28.0. The van der Waals surface area contributed by atoms with Crippen LogP contribution in [0.15, 0.2) is 82.2 Å². The monoisotopic (exact) mass is 460 g/mol. The third kappa shape index (κ3) is 5.81. The van der Waals surface area contributed by atoms with Crippen molar-refractivity contribution in [2.75, 3.05) is 5.32 Å². The summed E-state index contributed by atoms with van der Waals surface area (Å²) in [6.45, 7) is 1.46. The van der Waals surface area contributed by atoms with Crippen molar-refractivity contribution in [3.63, 3.8) is 0 Å². The van der Waals surface area contributed by atoms with Crippen molar-refractivity contribution in [2.45, 2.75) is 17.0 Å². The number of carbonyl (C=O) groups is 2. The number of nitrogens with zero attached hydrogens (tertiary/aromatic N) is 2. The van der Waals surface area contributed by atoms with Gasteiger partial charge in [0.15, 0.2) is 4.34 Å². The highest BCUT2D eigenvalue weighted by Gasteiger charge is 2.07. The van der Waals surface area contributed by atoms with Crippen LogP contribution in [0.1, 0.15) is 28.4 Å². The molecule has 4 aromatic rings. The first-order valence-corrected chi connectivity index (χ1v) is 11.7. The van der Waals surface area contributed by atoms with Crippen LogP contribution in [0, 0.1) is 0 Å². The third-order valence-electron chi connectivity index (χ3n) is 4.46. The number of nitrogens with one attached hydrogen (secondary N) is 2. The van der Waals surface area contributed by atoms with E-state index >= 15 is 0 Å². The van der Waals surface area contributed by atoms with Gasteiger partial charge in [0, 0.05) is 23.9 Å². The minimum Gasteiger partial charge on any atom is -0.326 e. The minimum absolute atomic E-state index is 0.125. The molecule has 0 unspecified atom stereocenters. The number of para-hydroxylation sites is 1. The van der Waals surface area contributed by atoms with Gasteiger partial charge in [-0.05, 0) is 47.5 Å². The van der Waals surface area contributed by atoms with Crippen LogP contribution < -0.4 is 10.7 Å². The number of hydrazone groups is 1. The number of amides is 2. The van der Waals surface area contributed by atoms with E-state index in [0.29, 0.717) is 11.3 Å². The van der Waals surface area contributed by atoms with Gasteiger partial charge in [-0.3, -0.25) is 9.59 Å². The Morgan fingerprint density at radius 3 is 2.50 bits per heavy atom. The maximum absolute atomic E-state index is 12.3. The summed E-state index contributed by atoms with van der Waals surface area (Å²) in [7, 11) is 0. The van der Waals surface area contributed by atoms with Gasteiger partial charge in [-0.1, -0.05) is 48.2 Å². The highest BCUT2D eigenvalue weighted by molar-refractivity contribution is 8.00. The first kappa shape index (κ1) is 21.7. The Labute approximate surface area is 193 Å². The van der Waals surface area contributed by atoms with Gasteiger partial charge in [-0.2, -0.15) is 5.10 Å². The molecule has 0 radical (unpaired) electrons. The average Bonchev–Trinajstić information content (AvgIpc) is 3.22. The molecule has 6 nitrogen and oxygen atoms in total. The zero-order valence-corrected chi connectivity index (χ0v) is 18.9. The topological polar surface area (TPSA) is 83.5 Å². The van der Waals surface area contributed by atoms with Gasteiger partial charge >= 0.3 is 0 Å². The Bertz CT molecular complexity index is 1230. The largest absolute Gasteiger partial charge is 0.326 e. The quantitative estimate of drug-likeness (QED) is 0.222. The number of thiazole rings is 1. The fraction of sp³-hybridized carbons (Fsp3) is 0.0833. The minimum atomic E-state index is -0.276. The molecule has 0 aliphatic carbocycles. The number of hydrogen-bond donors (Lipinski definition) is 2.